The van der Waals surface area contributed by atoms with Gasteiger partial charge in [0.05, 0.1) is 7.11 Å². The van der Waals surface area contributed by atoms with Gasteiger partial charge in [0, 0.05) is 22.2 Å². The molecule has 1 N–H and O–H groups in total. The summed E-state index contributed by atoms with van der Waals surface area (Å²) in [5, 5.41) is 4.15. The highest BCUT2D eigenvalue weighted by Crippen LogP contribution is 2.23. The second-order valence-electron chi connectivity index (χ2n) is 3.33. The molecule has 0 unspecified atom stereocenters. The standard InChI is InChI=1S/C11H13Cl2NO2/c1-7(11(15)16-2)14-6-8-9(12)4-3-5-10(8)13/h3-5,7,14H,6H2,1-2H3/t7-/m0/s1. The van der Waals surface area contributed by atoms with Crippen LogP contribution < -0.4 is 5.32 Å². The Balaban J connectivity index is 2.64. The third-order valence-electron chi connectivity index (χ3n) is 2.20. The zero-order valence-corrected chi connectivity index (χ0v) is 10.6. The summed E-state index contributed by atoms with van der Waals surface area (Å²) in [5.74, 6) is -0.317. The van der Waals surface area contributed by atoms with Crippen LogP contribution in [0, 0.1) is 0 Å². The van der Waals surface area contributed by atoms with E-state index in [9.17, 15) is 4.79 Å². The molecule has 5 heteroatoms. The summed E-state index contributed by atoms with van der Waals surface area (Å²) in [4.78, 5) is 11.2. The van der Waals surface area contributed by atoms with Crippen molar-refractivity contribution in [2.75, 3.05) is 7.11 Å². The van der Waals surface area contributed by atoms with Crippen molar-refractivity contribution in [3.8, 4) is 0 Å². The molecule has 3 nitrogen and oxygen atoms in total. The predicted octanol–water partition coefficient (Wildman–Crippen LogP) is 2.64. The Morgan fingerprint density at radius 2 is 2.00 bits per heavy atom. The largest absolute Gasteiger partial charge is 0.468 e. The van der Waals surface area contributed by atoms with Crippen LogP contribution in [0.1, 0.15) is 12.5 Å². The van der Waals surface area contributed by atoms with Crippen LogP contribution in [0.25, 0.3) is 0 Å². The number of esters is 1. The summed E-state index contributed by atoms with van der Waals surface area (Å²) in [5.41, 5.74) is 0.779. The van der Waals surface area contributed by atoms with Crippen molar-refractivity contribution in [2.45, 2.75) is 19.5 Å². The van der Waals surface area contributed by atoms with E-state index in [-0.39, 0.29) is 5.97 Å². The smallest absolute Gasteiger partial charge is 0.322 e. The second kappa shape index (κ2) is 6.09. The summed E-state index contributed by atoms with van der Waals surface area (Å²) in [6.07, 6.45) is 0. The first-order valence-corrected chi connectivity index (χ1v) is 5.56. The van der Waals surface area contributed by atoms with Crippen molar-refractivity contribution in [2.24, 2.45) is 0 Å². The molecule has 0 radical (unpaired) electrons. The minimum Gasteiger partial charge on any atom is -0.468 e. The molecule has 0 bridgehead atoms. The molecule has 1 aromatic carbocycles. The van der Waals surface area contributed by atoms with Gasteiger partial charge in [0.15, 0.2) is 0 Å². The highest BCUT2D eigenvalue weighted by molar-refractivity contribution is 6.35. The van der Waals surface area contributed by atoms with Crippen molar-refractivity contribution in [3.05, 3.63) is 33.8 Å². The molecular weight excluding hydrogens is 249 g/mol. The molecule has 1 rings (SSSR count). The zero-order valence-electron chi connectivity index (χ0n) is 9.09. The molecule has 0 aliphatic carbocycles. The summed E-state index contributed by atoms with van der Waals surface area (Å²) < 4.78 is 4.59. The summed E-state index contributed by atoms with van der Waals surface area (Å²) in [7, 11) is 1.35. The highest BCUT2D eigenvalue weighted by atomic mass is 35.5. The maximum absolute atomic E-state index is 11.2. The normalized spacial score (nSPS) is 12.2. The lowest BCUT2D eigenvalue weighted by molar-refractivity contribution is -0.142. The van der Waals surface area contributed by atoms with Gasteiger partial charge in [0.25, 0.3) is 0 Å². The minimum absolute atomic E-state index is 0.317. The number of hydrogen-bond donors (Lipinski definition) is 1. The number of benzene rings is 1. The van der Waals surface area contributed by atoms with Crippen LogP contribution in [-0.4, -0.2) is 19.1 Å². The number of rotatable bonds is 4. The molecule has 0 amide bonds. The van der Waals surface area contributed by atoms with Gasteiger partial charge in [-0.2, -0.15) is 0 Å². The number of hydrogen-bond acceptors (Lipinski definition) is 3. The number of ether oxygens (including phenoxy) is 1. The molecule has 88 valence electrons. The highest BCUT2D eigenvalue weighted by Gasteiger charge is 2.13. The van der Waals surface area contributed by atoms with Gasteiger partial charge in [-0.15, -0.1) is 0 Å². The first-order valence-electron chi connectivity index (χ1n) is 4.80. The Labute approximate surface area is 105 Å². The lowest BCUT2D eigenvalue weighted by Crippen LogP contribution is -2.34. The van der Waals surface area contributed by atoms with Crippen LogP contribution >= 0.6 is 23.2 Å². The molecule has 16 heavy (non-hydrogen) atoms. The SMILES string of the molecule is COC(=O)[C@H](C)NCc1c(Cl)cccc1Cl. The quantitative estimate of drug-likeness (QED) is 0.848. The monoisotopic (exact) mass is 261 g/mol. The van der Waals surface area contributed by atoms with Gasteiger partial charge in [0.2, 0.25) is 0 Å². The lowest BCUT2D eigenvalue weighted by atomic mass is 10.2. The van der Waals surface area contributed by atoms with Crippen LogP contribution in [0.2, 0.25) is 10.0 Å². The number of carbonyl (C=O) groups excluding carboxylic acids is 1. The Kier molecular flexibility index (Phi) is 5.06. The molecule has 0 aliphatic heterocycles. The molecule has 1 atom stereocenters. The molecule has 0 aromatic heterocycles. The fraction of sp³-hybridized carbons (Fsp3) is 0.364. The summed E-state index contributed by atoms with van der Waals surface area (Å²) >= 11 is 12.0. The van der Waals surface area contributed by atoms with Gasteiger partial charge in [-0.1, -0.05) is 29.3 Å². The topological polar surface area (TPSA) is 38.3 Å². The van der Waals surface area contributed by atoms with Gasteiger partial charge < -0.3 is 10.1 Å². The number of carbonyl (C=O) groups is 1. The third kappa shape index (κ3) is 3.37. The molecule has 0 saturated heterocycles. The van der Waals surface area contributed by atoms with Gasteiger partial charge in [-0.25, -0.2) is 0 Å². The average Bonchev–Trinajstić information content (AvgIpc) is 2.27. The Hall–Kier alpha value is -0.770. The van der Waals surface area contributed by atoms with E-state index in [1.807, 2.05) is 0 Å². The Morgan fingerprint density at radius 1 is 1.44 bits per heavy atom. The maximum Gasteiger partial charge on any atom is 0.322 e. The molecule has 0 saturated carbocycles. The molecule has 0 heterocycles. The average molecular weight is 262 g/mol. The summed E-state index contributed by atoms with van der Waals surface area (Å²) in [6, 6.07) is 4.90. The number of methoxy groups -OCH3 is 1. The van der Waals surface area contributed by atoms with Crippen molar-refractivity contribution in [1.82, 2.24) is 5.32 Å². The van der Waals surface area contributed by atoms with Crippen molar-refractivity contribution in [1.29, 1.82) is 0 Å². The second-order valence-corrected chi connectivity index (χ2v) is 4.14. The van der Waals surface area contributed by atoms with E-state index in [2.05, 4.69) is 10.1 Å². The van der Waals surface area contributed by atoms with Gasteiger partial charge >= 0.3 is 5.97 Å². The Bertz CT molecular complexity index is 362. The number of nitrogens with one attached hydrogen (secondary N) is 1. The van der Waals surface area contributed by atoms with E-state index in [0.29, 0.717) is 16.6 Å². The van der Waals surface area contributed by atoms with Gasteiger partial charge in [-0.3, -0.25) is 4.79 Å². The number of halogens is 2. The zero-order chi connectivity index (χ0) is 12.1. The van der Waals surface area contributed by atoms with Crippen molar-refractivity contribution in [3.63, 3.8) is 0 Å². The van der Waals surface area contributed by atoms with Gasteiger partial charge in [-0.05, 0) is 19.1 Å². The van der Waals surface area contributed by atoms with Gasteiger partial charge in [0.1, 0.15) is 6.04 Å². The molecular formula is C11H13Cl2NO2. The van der Waals surface area contributed by atoms with Crippen LogP contribution in [-0.2, 0) is 16.1 Å². The van der Waals surface area contributed by atoms with Crippen molar-refractivity contribution >= 4 is 29.2 Å². The minimum atomic E-state index is -0.391. The van der Waals surface area contributed by atoms with E-state index in [1.165, 1.54) is 7.11 Å². The first-order chi connectivity index (χ1) is 7.56. The van der Waals surface area contributed by atoms with Crippen LogP contribution in [0.3, 0.4) is 0 Å². The fourth-order valence-corrected chi connectivity index (χ4v) is 1.75. The molecule has 0 spiro atoms. The van der Waals surface area contributed by atoms with Crippen LogP contribution in [0.5, 0.6) is 0 Å². The lowest BCUT2D eigenvalue weighted by Gasteiger charge is -2.13. The van der Waals surface area contributed by atoms with Crippen molar-refractivity contribution < 1.29 is 9.53 Å². The van der Waals surface area contributed by atoms with E-state index < -0.39 is 6.04 Å². The van der Waals surface area contributed by atoms with Crippen LogP contribution in [0.4, 0.5) is 0 Å². The molecule has 0 fully saturated rings. The Morgan fingerprint density at radius 3 is 2.50 bits per heavy atom. The first kappa shape index (κ1) is 13.3. The summed E-state index contributed by atoms with van der Waals surface area (Å²) in [6.45, 7) is 2.14. The van der Waals surface area contributed by atoms with E-state index in [4.69, 9.17) is 23.2 Å². The predicted molar refractivity (Wildman–Crippen MR) is 64.8 cm³/mol. The van der Waals surface area contributed by atoms with Crippen LogP contribution in [0.15, 0.2) is 18.2 Å². The van der Waals surface area contributed by atoms with E-state index >= 15 is 0 Å². The molecule has 1 aromatic rings. The van der Waals surface area contributed by atoms with E-state index in [1.54, 1.807) is 25.1 Å². The maximum atomic E-state index is 11.2. The third-order valence-corrected chi connectivity index (χ3v) is 2.91. The fourth-order valence-electron chi connectivity index (χ4n) is 1.22. The molecule has 0 aliphatic rings. The van der Waals surface area contributed by atoms with E-state index in [0.717, 1.165) is 5.56 Å².